The number of carbonyl (C=O) groups excluding carboxylic acids is 1. The molecule has 1 aromatic carbocycles. The van der Waals surface area contributed by atoms with Crippen LogP contribution in [-0.4, -0.2) is 10.8 Å². The molecular formula is C18H19NO2. The molecule has 1 unspecified atom stereocenters. The van der Waals surface area contributed by atoms with Crippen LogP contribution >= 0.6 is 0 Å². The van der Waals surface area contributed by atoms with E-state index >= 15 is 0 Å². The molecule has 0 aliphatic heterocycles. The van der Waals surface area contributed by atoms with Gasteiger partial charge in [0.05, 0.1) is 5.56 Å². The molecule has 1 saturated carbocycles. The molecule has 21 heavy (non-hydrogen) atoms. The third-order valence-corrected chi connectivity index (χ3v) is 5.24. The number of Topliss-reactive ketones (excluding diaryl/α,β-unsaturated/α-hetero) is 1. The van der Waals surface area contributed by atoms with Gasteiger partial charge in [0.15, 0.2) is 11.2 Å². The van der Waals surface area contributed by atoms with Crippen molar-refractivity contribution in [3.8, 4) is 0 Å². The molecule has 3 heteroatoms. The van der Waals surface area contributed by atoms with Gasteiger partial charge >= 0.3 is 0 Å². The number of rotatable bonds is 1. The second-order valence-corrected chi connectivity index (χ2v) is 6.64. The minimum absolute atomic E-state index is 0.0388. The van der Waals surface area contributed by atoms with Gasteiger partial charge in [-0.2, -0.15) is 0 Å². The summed E-state index contributed by atoms with van der Waals surface area (Å²) >= 11 is 0. The van der Waals surface area contributed by atoms with E-state index in [2.05, 4.69) is 4.98 Å². The average Bonchev–Trinajstić information content (AvgIpc) is 2.35. The smallest absolute Gasteiger partial charge is 0.200 e. The van der Waals surface area contributed by atoms with Gasteiger partial charge in [0, 0.05) is 23.0 Å². The maximum absolute atomic E-state index is 12.6. The lowest BCUT2D eigenvalue weighted by Crippen LogP contribution is -2.34. The fraction of sp³-hybridized carbons (Fsp3) is 0.444. The highest BCUT2D eigenvalue weighted by Crippen LogP contribution is 2.39. The molecule has 2 aliphatic carbocycles. The number of H-pyrrole nitrogens is 1. The van der Waals surface area contributed by atoms with Crippen LogP contribution in [0.2, 0.25) is 0 Å². The van der Waals surface area contributed by atoms with Crippen LogP contribution in [0.4, 0.5) is 0 Å². The molecule has 0 bridgehead atoms. The van der Waals surface area contributed by atoms with Crippen molar-refractivity contribution in [3.05, 3.63) is 45.2 Å². The van der Waals surface area contributed by atoms with Crippen molar-refractivity contribution in [2.24, 2.45) is 11.8 Å². The van der Waals surface area contributed by atoms with Gasteiger partial charge in [0.1, 0.15) is 0 Å². The quantitative estimate of drug-likeness (QED) is 0.871. The van der Waals surface area contributed by atoms with Crippen molar-refractivity contribution < 1.29 is 4.79 Å². The second-order valence-electron chi connectivity index (χ2n) is 6.64. The Kier molecular flexibility index (Phi) is 2.78. The van der Waals surface area contributed by atoms with Crippen LogP contribution in [0.5, 0.6) is 0 Å². The third-order valence-electron chi connectivity index (χ3n) is 5.24. The van der Waals surface area contributed by atoms with Crippen molar-refractivity contribution in [3.63, 3.8) is 0 Å². The molecule has 108 valence electrons. The van der Waals surface area contributed by atoms with Gasteiger partial charge in [-0.15, -0.1) is 0 Å². The van der Waals surface area contributed by atoms with Crippen molar-refractivity contribution in [1.82, 2.24) is 4.98 Å². The minimum atomic E-state index is -0.0872. The van der Waals surface area contributed by atoms with E-state index in [-0.39, 0.29) is 11.2 Å². The van der Waals surface area contributed by atoms with E-state index in [1.807, 2.05) is 25.1 Å². The van der Waals surface area contributed by atoms with Gasteiger partial charge in [0.2, 0.25) is 0 Å². The molecule has 3 nitrogen and oxygen atoms in total. The van der Waals surface area contributed by atoms with Crippen molar-refractivity contribution in [2.75, 3.05) is 0 Å². The SMILES string of the molecule is Cc1ccc2c(=O)c3c([nH]c2c1)CC(C1CCC1)CC3=O. The van der Waals surface area contributed by atoms with E-state index in [0.29, 0.717) is 29.2 Å². The van der Waals surface area contributed by atoms with E-state index in [4.69, 9.17) is 0 Å². The van der Waals surface area contributed by atoms with E-state index in [1.54, 1.807) is 0 Å². The number of ketones is 1. The topological polar surface area (TPSA) is 49.9 Å². The average molecular weight is 281 g/mol. The first-order valence-corrected chi connectivity index (χ1v) is 7.82. The highest BCUT2D eigenvalue weighted by Gasteiger charge is 2.35. The number of benzene rings is 1. The maximum Gasteiger partial charge on any atom is 0.200 e. The number of fused-ring (bicyclic) bond motifs is 2. The monoisotopic (exact) mass is 281 g/mol. The first-order chi connectivity index (χ1) is 10.1. The van der Waals surface area contributed by atoms with E-state index in [9.17, 15) is 9.59 Å². The third kappa shape index (κ3) is 1.95. The molecule has 2 aliphatic rings. The van der Waals surface area contributed by atoms with Crippen molar-refractivity contribution in [2.45, 2.75) is 39.0 Å². The summed E-state index contributed by atoms with van der Waals surface area (Å²) in [5.41, 5.74) is 3.18. The summed E-state index contributed by atoms with van der Waals surface area (Å²) in [7, 11) is 0. The number of aryl methyl sites for hydroxylation is 1. The maximum atomic E-state index is 12.6. The normalized spacial score (nSPS) is 22.1. The van der Waals surface area contributed by atoms with Gasteiger partial charge in [-0.3, -0.25) is 9.59 Å². The first-order valence-electron chi connectivity index (χ1n) is 7.82. The molecular weight excluding hydrogens is 262 g/mol. The largest absolute Gasteiger partial charge is 0.358 e. The number of aromatic amines is 1. The number of carbonyl (C=O) groups is 1. The van der Waals surface area contributed by atoms with Crippen molar-refractivity contribution in [1.29, 1.82) is 0 Å². The number of pyridine rings is 1. The Morgan fingerprint density at radius 3 is 2.62 bits per heavy atom. The standard InChI is InChI=1S/C18H19NO2/c1-10-5-6-13-14(7-10)19-15-8-12(11-3-2-4-11)9-16(20)17(15)18(13)21/h5-7,11-12H,2-4,8-9H2,1H3,(H,19,21). The van der Waals surface area contributed by atoms with Gasteiger partial charge in [-0.1, -0.05) is 25.3 Å². The van der Waals surface area contributed by atoms with Crippen LogP contribution in [0.3, 0.4) is 0 Å². The fourth-order valence-corrected chi connectivity index (χ4v) is 3.82. The zero-order chi connectivity index (χ0) is 14.6. The van der Waals surface area contributed by atoms with Crippen LogP contribution in [0.1, 0.15) is 47.3 Å². The number of hydrogen-bond donors (Lipinski definition) is 1. The summed E-state index contributed by atoms with van der Waals surface area (Å²) in [4.78, 5) is 28.4. The Bertz CT molecular complexity index is 799. The summed E-state index contributed by atoms with van der Waals surface area (Å²) in [6.45, 7) is 2.01. The molecule has 1 atom stereocenters. The number of nitrogens with one attached hydrogen (secondary N) is 1. The van der Waals surface area contributed by atoms with E-state index < -0.39 is 0 Å². The second kappa shape index (κ2) is 4.55. The molecule has 0 amide bonds. The lowest BCUT2D eigenvalue weighted by molar-refractivity contribution is 0.0888. The fourth-order valence-electron chi connectivity index (χ4n) is 3.82. The predicted octanol–water partition coefficient (Wildman–Crippen LogP) is 3.38. The Balaban J connectivity index is 1.87. The summed E-state index contributed by atoms with van der Waals surface area (Å²) in [6.07, 6.45) is 5.17. The number of hydrogen-bond acceptors (Lipinski definition) is 2. The lowest BCUT2D eigenvalue weighted by Gasteiger charge is -2.36. The van der Waals surface area contributed by atoms with Gasteiger partial charge in [-0.25, -0.2) is 0 Å². The zero-order valence-corrected chi connectivity index (χ0v) is 12.2. The van der Waals surface area contributed by atoms with Crippen LogP contribution in [0.25, 0.3) is 10.9 Å². The van der Waals surface area contributed by atoms with Crippen LogP contribution < -0.4 is 5.43 Å². The molecule has 1 fully saturated rings. The van der Waals surface area contributed by atoms with Gasteiger partial charge in [-0.05, 0) is 42.9 Å². The Morgan fingerprint density at radius 2 is 1.90 bits per heavy atom. The van der Waals surface area contributed by atoms with Crippen LogP contribution in [0.15, 0.2) is 23.0 Å². The Morgan fingerprint density at radius 1 is 1.10 bits per heavy atom. The molecule has 0 spiro atoms. The number of aromatic nitrogens is 1. The summed E-state index contributed by atoms with van der Waals surface area (Å²) < 4.78 is 0. The Hall–Kier alpha value is -1.90. The molecule has 0 radical (unpaired) electrons. The predicted molar refractivity (Wildman–Crippen MR) is 82.8 cm³/mol. The lowest BCUT2D eigenvalue weighted by atomic mass is 9.69. The first kappa shape index (κ1) is 12.8. The molecule has 4 rings (SSSR count). The van der Waals surface area contributed by atoms with Crippen molar-refractivity contribution >= 4 is 16.7 Å². The molecule has 1 aromatic heterocycles. The molecule has 1 N–H and O–H groups in total. The summed E-state index contributed by atoms with van der Waals surface area (Å²) in [6, 6.07) is 5.75. The highest BCUT2D eigenvalue weighted by atomic mass is 16.1. The van der Waals surface area contributed by atoms with Crippen LogP contribution in [0, 0.1) is 18.8 Å². The molecule has 2 aromatic rings. The zero-order valence-electron chi connectivity index (χ0n) is 12.2. The van der Waals surface area contributed by atoms with E-state index in [1.165, 1.54) is 19.3 Å². The molecule has 0 saturated heterocycles. The summed E-state index contributed by atoms with van der Waals surface area (Å²) in [5, 5.41) is 0.634. The molecule has 1 heterocycles. The minimum Gasteiger partial charge on any atom is -0.358 e. The summed E-state index contributed by atoms with van der Waals surface area (Å²) in [5.74, 6) is 1.15. The van der Waals surface area contributed by atoms with Crippen LogP contribution in [-0.2, 0) is 6.42 Å². The van der Waals surface area contributed by atoms with E-state index in [0.717, 1.165) is 23.2 Å². The van der Waals surface area contributed by atoms with Gasteiger partial charge in [0.25, 0.3) is 0 Å². The Labute approximate surface area is 123 Å². The highest BCUT2D eigenvalue weighted by molar-refractivity contribution is 6.01. The van der Waals surface area contributed by atoms with Gasteiger partial charge < -0.3 is 4.98 Å².